The van der Waals surface area contributed by atoms with E-state index in [-0.39, 0.29) is 5.91 Å². The molecule has 0 radical (unpaired) electrons. The molecular formula is C15H18N2O. The van der Waals surface area contributed by atoms with Crippen molar-refractivity contribution in [3.05, 3.63) is 42.1 Å². The molecule has 3 heteroatoms. The summed E-state index contributed by atoms with van der Waals surface area (Å²) in [5.41, 5.74) is 2.22. The van der Waals surface area contributed by atoms with Gasteiger partial charge in [-0.15, -0.1) is 0 Å². The largest absolute Gasteiger partial charge is 0.356 e. The summed E-state index contributed by atoms with van der Waals surface area (Å²) < 4.78 is 0. The van der Waals surface area contributed by atoms with Gasteiger partial charge in [0, 0.05) is 24.5 Å². The van der Waals surface area contributed by atoms with Crippen LogP contribution >= 0.6 is 0 Å². The van der Waals surface area contributed by atoms with Crippen LogP contribution in [0.25, 0.3) is 10.9 Å². The summed E-state index contributed by atoms with van der Waals surface area (Å²) in [6.07, 6.45) is 4.13. The number of fused-ring (bicyclic) bond motifs is 1. The van der Waals surface area contributed by atoms with Gasteiger partial charge in [-0.1, -0.05) is 31.2 Å². The molecule has 1 aromatic heterocycles. The zero-order valence-electron chi connectivity index (χ0n) is 10.6. The van der Waals surface area contributed by atoms with Crippen molar-refractivity contribution in [3.63, 3.8) is 0 Å². The highest BCUT2D eigenvalue weighted by Crippen LogP contribution is 2.15. The van der Waals surface area contributed by atoms with E-state index in [0.717, 1.165) is 23.7 Å². The Bertz CT molecular complexity index is 532. The van der Waals surface area contributed by atoms with Gasteiger partial charge in [-0.25, -0.2) is 0 Å². The lowest BCUT2D eigenvalue weighted by molar-refractivity contribution is -0.121. The molecule has 0 aliphatic rings. The van der Waals surface area contributed by atoms with Gasteiger partial charge in [0.15, 0.2) is 0 Å². The van der Waals surface area contributed by atoms with Crippen molar-refractivity contribution in [3.8, 4) is 0 Å². The molecule has 2 aromatic rings. The van der Waals surface area contributed by atoms with Crippen LogP contribution in [0.15, 0.2) is 36.5 Å². The lowest BCUT2D eigenvalue weighted by Gasteiger charge is -2.07. The molecule has 0 saturated heterocycles. The minimum atomic E-state index is 0.130. The summed E-state index contributed by atoms with van der Waals surface area (Å²) >= 11 is 0. The molecule has 0 atom stereocenters. The number of carbonyl (C=O) groups is 1. The van der Waals surface area contributed by atoms with E-state index in [2.05, 4.69) is 28.5 Å². The van der Waals surface area contributed by atoms with Gasteiger partial charge in [0.2, 0.25) is 5.91 Å². The number of hydrogen-bond donors (Lipinski definition) is 1. The summed E-state index contributed by atoms with van der Waals surface area (Å²) in [5.74, 6) is 0.130. The van der Waals surface area contributed by atoms with Gasteiger partial charge in [0.1, 0.15) is 0 Å². The maximum absolute atomic E-state index is 11.4. The van der Waals surface area contributed by atoms with Crippen LogP contribution in [0.1, 0.15) is 25.3 Å². The normalized spacial score (nSPS) is 10.5. The maximum Gasteiger partial charge on any atom is 0.219 e. The number of nitrogens with zero attached hydrogens (tertiary/aromatic N) is 1. The van der Waals surface area contributed by atoms with Gasteiger partial charge >= 0.3 is 0 Å². The van der Waals surface area contributed by atoms with Crippen LogP contribution < -0.4 is 5.32 Å². The summed E-state index contributed by atoms with van der Waals surface area (Å²) in [4.78, 5) is 15.8. The second-order valence-corrected chi connectivity index (χ2v) is 4.34. The lowest BCUT2D eigenvalue weighted by Crippen LogP contribution is -2.25. The molecule has 0 aliphatic heterocycles. The molecule has 0 unspecified atom stereocenters. The van der Waals surface area contributed by atoms with Crippen molar-refractivity contribution in [1.82, 2.24) is 10.3 Å². The monoisotopic (exact) mass is 242 g/mol. The molecule has 2 rings (SSSR count). The smallest absolute Gasteiger partial charge is 0.219 e. The molecule has 0 bridgehead atoms. The van der Waals surface area contributed by atoms with Gasteiger partial charge in [-0.2, -0.15) is 0 Å². The molecule has 94 valence electrons. The molecule has 1 heterocycles. The number of benzene rings is 1. The fourth-order valence-corrected chi connectivity index (χ4v) is 2.02. The van der Waals surface area contributed by atoms with Crippen molar-refractivity contribution in [2.24, 2.45) is 0 Å². The first-order chi connectivity index (χ1) is 8.81. The van der Waals surface area contributed by atoms with Crippen LogP contribution in [0.4, 0.5) is 0 Å². The number of carbonyl (C=O) groups excluding carboxylic acids is 1. The molecule has 0 fully saturated rings. The van der Waals surface area contributed by atoms with Gasteiger partial charge in [-0.3, -0.25) is 9.78 Å². The Hall–Kier alpha value is -1.90. The van der Waals surface area contributed by atoms with E-state index in [1.54, 1.807) is 0 Å². The average molecular weight is 242 g/mol. The number of aromatic nitrogens is 1. The molecule has 0 spiro atoms. The van der Waals surface area contributed by atoms with Gasteiger partial charge < -0.3 is 5.32 Å². The first kappa shape index (κ1) is 12.6. The molecule has 18 heavy (non-hydrogen) atoms. The first-order valence-corrected chi connectivity index (χ1v) is 6.40. The second-order valence-electron chi connectivity index (χ2n) is 4.34. The highest BCUT2D eigenvalue weighted by molar-refractivity contribution is 5.81. The Morgan fingerprint density at radius 1 is 1.28 bits per heavy atom. The number of hydrogen-bond acceptors (Lipinski definition) is 2. The van der Waals surface area contributed by atoms with Gasteiger partial charge in [0.05, 0.1) is 5.52 Å². The van der Waals surface area contributed by atoms with E-state index < -0.39 is 0 Å². The fourth-order valence-electron chi connectivity index (χ4n) is 2.02. The zero-order valence-corrected chi connectivity index (χ0v) is 10.6. The molecule has 0 saturated carbocycles. The summed E-state index contributed by atoms with van der Waals surface area (Å²) in [6.45, 7) is 2.68. The average Bonchev–Trinajstić information content (AvgIpc) is 2.39. The summed E-state index contributed by atoms with van der Waals surface area (Å²) in [6, 6.07) is 10.2. The van der Waals surface area contributed by atoms with Crippen molar-refractivity contribution in [2.45, 2.75) is 26.2 Å². The number of rotatable bonds is 5. The van der Waals surface area contributed by atoms with Crippen molar-refractivity contribution in [2.75, 3.05) is 6.54 Å². The Labute approximate surface area is 107 Å². The number of para-hydroxylation sites is 1. The molecule has 3 nitrogen and oxygen atoms in total. The first-order valence-electron chi connectivity index (χ1n) is 6.40. The Kier molecular flexibility index (Phi) is 4.29. The molecule has 1 aromatic carbocycles. The van der Waals surface area contributed by atoms with Crippen LogP contribution in [0.2, 0.25) is 0 Å². The van der Waals surface area contributed by atoms with Crippen LogP contribution in [-0.2, 0) is 11.2 Å². The van der Waals surface area contributed by atoms with E-state index in [9.17, 15) is 4.79 Å². The fraction of sp³-hybridized carbons (Fsp3) is 0.333. The minimum Gasteiger partial charge on any atom is -0.356 e. The van der Waals surface area contributed by atoms with Crippen LogP contribution in [0, 0.1) is 0 Å². The lowest BCUT2D eigenvalue weighted by atomic mass is 10.1. The number of amides is 1. The molecule has 1 N–H and O–H groups in total. The van der Waals surface area contributed by atoms with Crippen LogP contribution in [-0.4, -0.2) is 17.4 Å². The highest BCUT2D eigenvalue weighted by Gasteiger charge is 2.03. The van der Waals surface area contributed by atoms with E-state index >= 15 is 0 Å². The predicted octanol–water partition coefficient (Wildman–Crippen LogP) is 2.69. The number of pyridine rings is 1. The maximum atomic E-state index is 11.4. The highest BCUT2D eigenvalue weighted by atomic mass is 16.1. The second kappa shape index (κ2) is 6.15. The summed E-state index contributed by atoms with van der Waals surface area (Å²) in [7, 11) is 0. The Morgan fingerprint density at radius 2 is 2.11 bits per heavy atom. The SMILES string of the molecule is CCCC(=O)NCCc1cccc2cccnc12. The Balaban J connectivity index is 2.01. The van der Waals surface area contributed by atoms with Crippen molar-refractivity contribution < 1.29 is 4.79 Å². The van der Waals surface area contributed by atoms with E-state index in [0.29, 0.717) is 13.0 Å². The van der Waals surface area contributed by atoms with Gasteiger partial charge in [-0.05, 0) is 24.5 Å². The number of nitrogens with one attached hydrogen (secondary N) is 1. The van der Waals surface area contributed by atoms with Crippen LogP contribution in [0.3, 0.4) is 0 Å². The summed E-state index contributed by atoms with van der Waals surface area (Å²) in [5, 5.41) is 4.08. The Morgan fingerprint density at radius 3 is 2.94 bits per heavy atom. The minimum absolute atomic E-state index is 0.130. The van der Waals surface area contributed by atoms with E-state index in [1.165, 1.54) is 5.56 Å². The standard InChI is InChI=1S/C15H18N2O/c1-2-5-14(18)16-11-9-13-7-3-6-12-8-4-10-17-15(12)13/h3-4,6-8,10H,2,5,9,11H2,1H3,(H,16,18). The van der Waals surface area contributed by atoms with E-state index in [4.69, 9.17) is 0 Å². The third kappa shape index (κ3) is 3.06. The third-order valence-corrected chi connectivity index (χ3v) is 2.91. The topological polar surface area (TPSA) is 42.0 Å². The molecule has 0 aliphatic carbocycles. The van der Waals surface area contributed by atoms with Crippen LogP contribution in [0.5, 0.6) is 0 Å². The van der Waals surface area contributed by atoms with Gasteiger partial charge in [0.25, 0.3) is 0 Å². The predicted molar refractivity (Wildman–Crippen MR) is 73.4 cm³/mol. The van der Waals surface area contributed by atoms with Crippen molar-refractivity contribution in [1.29, 1.82) is 0 Å². The zero-order chi connectivity index (χ0) is 12.8. The molecular weight excluding hydrogens is 224 g/mol. The third-order valence-electron chi connectivity index (χ3n) is 2.91. The molecule has 1 amide bonds. The van der Waals surface area contributed by atoms with E-state index in [1.807, 2.05) is 25.3 Å². The quantitative estimate of drug-likeness (QED) is 0.876. The van der Waals surface area contributed by atoms with Crippen molar-refractivity contribution >= 4 is 16.8 Å².